The number of ether oxygens (including phenoxy) is 2. The van der Waals surface area contributed by atoms with Crippen molar-refractivity contribution in [1.82, 2.24) is 0 Å². The van der Waals surface area contributed by atoms with E-state index in [-0.39, 0.29) is 5.78 Å². The minimum atomic E-state index is -0.954. The van der Waals surface area contributed by atoms with Crippen molar-refractivity contribution >= 4 is 17.4 Å². The number of alkyl halides is 1. The smallest absolute Gasteiger partial charge is 0.183 e. The Hall–Kier alpha value is -0.120. The molecule has 15 heavy (non-hydrogen) atoms. The van der Waals surface area contributed by atoms with Gasteiger partial charge in [0.15, 0.2) is 16.9 Å². The van der Waals surface area contributed by atoms with Gasteiger partial charge in [-0.3, -0.25) is 4.79 Å². The molecule has 0 bridgehead atoms. The average molecular weight is 235 g/mol. The van der Waals surface area contributed by atoms with E-state index >= 15 is 0 Å². The summed E-state index contributed by atoms with van der Waals surface area (Å²) in [6, 6.07) is 0. The molecule has 1 unspecified atom stereocenters. The first-order chi connectivity index (χ1) is 7.15. The Morgan fingerprint density at radius 2 is 1.93 bits per heavy atom. The SMILES string of the molecule is CCOC(OCC)C1(Cl)CCCCC1=O. The lowest BCUT2D eigenvalue weighted by Gasteiger charge is -2.35. The summed E-state index contributed by atoms with van der Waals surface area (Å²) >= 11 is 6.35. The molecule has 1 fully saturated rings. The lowest BCUT2D eigenvalue weighted by atomic mass is 9.86. The van der Waals surface area contributed by atoms with Crippen molar-refractivity contribution in [2.75, 3.05) is 13.2 Å². The Labute approximate surface area is 96.1 Å². The molecule has 3 nitrogen and oxygen atoms in total. The third kappa shape index (κ3) is 2.92. The van der Waals surface area contributed by atoms with Gasteiger partial charge < -0.3 is 9.47 Å². The van der Waals surface area contributed by atoms with Gasteiger partial charge in [0, 0.05) is 19.6 Å². The van der Waals surface area contributed by atoms with Gasteiger partial charge in [-0.1, -0.05) is 6.42 Å². The van der Waals surface area contributed by atoms with Crippen LogP contribution in [0.3, 0.4) is 0 Å². The molecule has 4 heteroatoms. The Morgan fingerprint density at radius 1 is 1.33 bits per heavy atom. The maximum absolute atomic E-state index is 11.8. The summed E-state index contributed by atoms with van der Waals surface area (Å²) in [5.74, 6) is 0.0577. The average Bonchev–Trinajstić information content (AvgIpc) is 2.22. The Kier molecular flexibility index (Phi) is 5.03. The van der Waals surface area contributed by atoms with Crippen LogP contribution in [0.4, 0.5) is 0 Å². The van der Waals surface area contributed by atoms with E-state index in [1.165, 1.54) is 0 Å². The van der Waals surface area contributed by atoms with Gasteiger partial charge >= 0.3 is 0 Å². The van der Waals surface area contributed by atoms with E-state index in [2.05, 4.69) is 0 Å². The Bertz CT molecular complexity index is 214. The van der Waals surface area contributed by atoms with Crippen LogP contribution in [0.15, 0.2) is 0 Å². The Morgan fingerprint density at radius 3 is 2.40 bits per heavy atom. The molecule has 1 aliphatic carbocycles. The minimum absolute atomic E-state index is 0.0577. The molecule has 1 atom stereocenters. The molecule has 0 aliphatic heterocycles. The van der Waals surface area contributed by atoms with E-state index < -0.39 is 11.2 Å². The molecule has 0 aromatic rings. The lowest BCUT2D eigenvalue weighted by molar-refractivity contribution is -0.170. The van der Waals surface area contributed by atoms with Crippen LogP contribution in [0.5, 0.6) is 0 Å². The first-order valence-corrected chi connectivity index (χ1v) is 5.98. The molecular weight excluding hydrogens is 216 g/mol. The first kappa shape index (κ1) is 12.9. The Balaban J connectivity index is 2.72. The van der Waals surface area contributed by atoms with Crippen molar-refractivity contribution in [3.8, 4) is 0 Å². The minimum Gasteiger partial charge on any atom is -0.351 e. The molecule has 88 valence electrons. The van der Waals surface area contributed by atoms with Gasteiger partial charge in [-0.05, 0) is 26.7 Å². The molecule has 1 rings (SSSR count). The molecule has 0 saturated heterocycles. The summed E-state index contributed by atoms with van der Waals surface area (Å²) in [5.41, 5.74) is 0. The van der Waals surface area contributed by atoms with E-state index in [9.17, 15) is 4.79 Å². The predicted molar refractivity (Wildman–Crippen MR) is 59.1 cm³/mol. The van der Waals surface area contributed by atoms with Crippen molar-refractivity contribution in [2.24, 2.45) is 0 Å². The normalized spacial score (nSPS) is 27.3. The number of ketones is 1. The highest BCUT2D eigenvalue weighted by Gasteiger charge is 2.46. The van der Waals surface area contributed by atoms with Crippen LogP contribution in [-0.2, 0) is 14.3 Å². The topological polar surface area (TPSA) is 35.5 Å². The number of hydrogen-bond acceptors (Lipinski definition) is 3. The van der Waals surface area contributed by atoms with Crippen LogP contribution in [0.2, 0.25) is 0 Å². The van der Waals surface area contributed by atoms with Crippen LogP contribution in [0, 0.1) is 0 Å². The van der Waals surface area contributed by atoms with E-state index in [0.29, 0.717) is 26.1 Å². The largest absolute Gasteiger partial charge is 0.351 e. The van der Waals surface area contributed by atoms with Crippen LogP contribution in [0.1, 0.15) is 39.5 Å². The molecule has 0 amide bonds. The highest BCUT2D eigenvalue weighted by Crippen LogP contribution is 2.36. The molecule has 0 aromatic heterocycles. The van der Waals surface area contributed by atoms with E-state index in [1.807, 2.05) is 13.8 Å². The number of carbonyl (C=O) groups excluding carboxylic acids is 1. The van der Waals surface area contributed by atoms with Crippen molar-refractivity contribution < 1.29 is 14.3 Å². The molecule has 1 aliphatic rings. The molecule has 0 heterocycles. The molecule has 0 N–H and O–H groups in total. The highest BCUT2D eigenvalue weighted by atomic mass is 35.5. The highest BCUT2D eigenvalue weighted by molar-refractivity contribution is 6.35. The van der Waals surface area contributed by atoms with Gasteiger partial charge in [0.1, 0.15) is 0 Å². The van der Waals surface area contributed by atoms with Crippen LogP contribution < -0.4 is 0 Å². The number of Topliss-reactive ketones (excluding diaryl/α,β-unsaturated/α-hetero) is 1. The van der Waals surface area contributed by atoms with E-state index in [0.717, 1.165) is 12.8 Å². The summed E-state index contributed by atoms with van der Waals surface area (Å²) in [6.45, 7) is 4.76. The molecule has 0 aromatic carbocycles. The number of carbonyl (C=O) groups is 1. The van der Waals surface area contributed by atoms with Crippen LogP contribution in [-0.4, -0.2) is 30.2 Å². The maximum atomic E-state index is 11.8. The number of halogens is 1. The monoisotopic (exact) mass is 234 g/mol. The summed E-state index contributed by atoms with van der Waals surface area (Å²) in [5, 5.41) is 0. The summed E-state index contributed by atoms with van der Waals surface area (Å²) in [6.07, 6.45) is 2.49. The molecular formula is C11H19ClO3. The third-order valence-electron chi connectivity index (χ3n) is 2.67. The second-order valence-electron chi connectivity index (χ2n) is 3.74. The van der Waals surface area contributed by atoms with Gasteiger partial charge in [-0.25, -0.2) is 0 Å². The quantitative estimate of drug-likeness (QED) is 0.542. The second kappa shape index (κ2) is 5.83. The number of rotatable bonds is 5. The maximum Gasteiger partial charge on any atom is 0.183 e. The predicted octanol–water partition coefficient (Wildman–Crippen LogP) is 2.51. The van der Waals surface area contributed by atoms with Crippen molar-refractivity contribution in [3.63, 3.8) is 0 Å². The molecule has 0 spiro atoms. The van der Waals surface area contributed by atoms with Gasteiger partial charge in [-0.2, -0.15) is 0 Å². The lowest BCUT2D eigenvalue weighted by Crippen LogP contribution is -2.49. The van der Waals surface area contributed by atoms with Crippen LogP contribution >= 0.6 is 11.6 Å². The third-order valence-corrected chi connectivity index (χ3v) is 3.25. The van der Waals surface area contributed by atoms with Gasteiger partial charge in [-0.15, -0.1) is 11.6 Å². The zero-order chi connectivity index (χ0) is 11.3. The summed E-state index contributed by atoms with van der Waals surface area (Å²) in [7, 11) is 0. The van der Waals surface area contributed by atoms with Gasteiger partial charge in [0.25, 0.3) is 0 Å². The second-order valence-corrected chi connectivity index (χ2v) is 4.41. The fourth-order valence-electron chi connectivity index (χ4n) is 1.88. The van der Waals surface area contributed by atoms with Crippen molar-refractivity contribution in [1.29, 1.82) is 0 Å². The standard InChI is InChI=1S/C11H19ClO3/c1-3-14-10(15-4-2)11(12)8-6-5-7-9(11)13/h10H,3-8H2,1-2H3. The van der Waals surface area contributed by atoms with Gasteiger partial charge in [0.05, 0.1) is 0 Å². The van der Waals surface area contributed by atoms with Gasteiger partial charge in [0.2, 0.25) is 0 Å². The van der Waals surface area contributed by atoms with Crippen molar-refractivity contribution in [2.45, 2.75) is 50.7 Å². The molecule has 1 saturated carbocycles. The van der Waals surface area contributed by atoms with Crippen LogP contribution in [0.25, 0.3) is 0 Å². The fourth-order valence-corrected chi connectivity index (χ4v) is 2.23. The van der Waals surface area contributed by atoms with E-state index in [1.54, 1.807) is 0 Å². The fraction of sp³-hybridized carbons (Fsp3) is 0.909. The number of hydrogen-bond donors (Lipinski definition) is 0. The zero-order valence-corrected chi connectivity index (χ0v) is 10.2. The summed E-state index contributed by atoms with van der Waals surface area (Å²) in [4.78, 5) is 10.9. The van der Waals surface area contributed by atoms with E-state index in [4.69, 9.17) is 21.1 Å². The summed E-state index contributed by atoms with van der Waals surface area (Å²) < 4.78 is 10.8. The first-order valence-electron chi connectivity index (χ1n) is 5.60. The molecule has 0 radical (unpaired) electrons. The van der Waals surface area contributed by atoms with Crippen molar-refractivity contribution in [3.05, 3.63) is 0 Å². The zero-order valence-electron chi connectivity index (χ0n) is 9.42.